The molecule has 0 aliphatic heterocycles. The van der Waals surface area contributed by atoms with Crippen molar-refractivity contribution in [2.75, 3.05) is 0 Å². The van der Waals surface area contributed by atoms with Crippen LogP contribution in [0, 0.1) is 34.5 Å². The average molecular weight is 329 g/mol. The van der Waals surface area contributed by atoms with Crippen molar-refractivity contribution in [3.8, 4) is 11.8 Å². The monoisotopic (exact) mass is 329 g/mol. The third-order valence-corrected chi connectivity index (χ3v) is 6.92. The number of nitriles is 1. The molecule has 4 rings (SSSR count). The lowest BCUT2D eigenvalue weighted by molar-refractivity contribution is -0.0229. The zero-order valence-corrected chi connectivity index (χ0v) is 14.0. The highest BCUT2D eigenvalue weighted by molar-refractivity contribution is 5.41. The minimum atomic E-state index is -0.952. The van der Waals surface area contributed by atoms with Crippen molar-refractivity contribution in [3.63, 3.8) is 0 Å². The molecule has 128 valence electrons. The fourth-order valence-electron chi connectivity index (χ4n) is 6.13. The van der Waals surface area contributed by atoms with Crippen LogP contribution in [0.25, 0.3) is 0 Å². The van der Waals surface area contributed by atoms with Gasteiger partial charge in [0.1, 0.15) is 11.9 Å². The summed E-state index contributed by atoms with van der Waals surface area (Å²) in [6.45, 7) is 2.12. The fourth-order valence-corrected chi connectivity index (χ4v) is 6.13. The van der Waals surface area contributed by atoms with Gasteiger partial charge in [-0.3, -0.25) is 0 Å². The Morgan fingerprint density at radius 1 is 1.38 bits per heavy atom. The van der Waals surface area contributed by atoms with E-state index < -0.39 is 6.17 Å². The first-order valence-electron chi connectivity index (χ1n) is 8.94. The molecule has 3 nitrogen and oxygen atoms in total. The summed E-state index contributed by atoms with van der Waals surface area (Å²) in [6.07, 6.45) is 1.69. The summed E-state index contributed by atoms with van der Waals surface area (Å²) in [7, 11) is 0. The van der Waals surface area contributed by atoms with Crippen molar-refractivity contribution in [1.29, 1.82) is 5.26 Å². The number of aromatic hydroxyl groups is 1. The van der Waals surface area contributed by atoms with Gasteiger partial charge in [-0.05, 0) is 72.1 Å². The number of nitrogens with zero attached hydrogens (tertiary/aromatic N) is 1. The molecule has 0 amide bonds. The number of hydrogen-bond acceptors (Lipinski definition) is 3. The summed E-state index contributed by atoms with van der Waals surface area (Å²) in [5.74, 6) is 0.464. The number of benzene rings is 1. The Balaban J connectivity index is 1.82. The lowest BCUT2D eigenvalue weighted by Crippen LogP contribution is -2.48. The average Bonchev–Trinajstić information content (AvgIpc) is 2.80. The van der Waals surface area contributed by atoms with Crippen molar-refractivity contribution in [1.82, 2.24) is 0 Å². The van der Waals surface area contributed by atoms with Crippen LogP contribution in [0.15, 0.2) is 18.2 Å². The molecule has 0 saturated heterocycles. The first-order valence-corrected chi connectivity index (χ1v) is 8.94. The number of halogens is 1. The predicted octanol–water partition coefficient (Wildman–Crippen LogP) is 3.70. The molecule has 2 N–H and O–H groups in total. The molecule has 1 aromatic rings. The van der Waals surface area contributed by atoms with Crippen LogP contribution in [0.1, 0.15) is 49.7 Å². The van der Waals surface area contributed by atoms with Crippen molar-refractivity contribution in [2.45, 2.75) is 57.2 Å². The molecule has 4 heteroatoms. The Hall–Kier alpha value is -1.60. The van der Waals surface area contributed by atoms with E-state index in [1.165, 1.54) is 0 Å². The highest BCUT2D eigenvalue weighted by Crippen LogP contribution is 2.63. The van der Waals surface area contributed by atoms with E-state index in [1.807, 2.05) is 6.07 Å². The van der Waals surface area contributed by atoms with Gasteiger partial charge in [-0.1, -0.05) is 13.0 Å². The van der Waals surface area contributed by atoms with E-state index in [1.54, 1.807) is 12.1 Å². The summed E-state index contributed by atoms with van der Waals surface area (Å²) < 4.78 is 15.3. The van der Waals surface area contributed by atoms with E-state index in [0.717, 1.165) is 17.5 Å². The fraction of sp³-hybridized carbons (Fsp3) is 0.650. The van der Waals surface area contributed by atoms with E-state index in [2.05, 4.69) is 13.0 Å². The molecule has 7 atom stereocenters. The van der Waals surface area contributed by atoms with Gasteiger partial charge in [-0.25, -0.2) is 4.39 Å². The summed E-state index contributed by atoms with van der Waals surface area (Å²) in [4.78, 5) is 0. The number of aliphatic hydroxyl groups is 1. The molecule has 3 aliphatic carbocycles. The molecule has 3 aliphatic rings. The van der Waals surface area contributed by atoms with E-state index in [4.69, 9.17) is 0 Å². The molecule has 0 heterocycles. The largest absolute Gasteiger partial charge is 0.508 e. The van der Waals surface area contributed by atoms with E-state index >= 15 is 4.39 Å². The van der Waals surface area contributed by atoms with Gasteiger partial charge in [0.05, 0.1) is 12.2 Å². The van der Waals surface area contributed by atoms with Gasteiger partial charge in [-0.15, -0.1) is 0 Å². The van der Waals surface area contributed by atoms with Crippen LogP contribution in [0.3, 0.4) is 0 Å². The number of alkyl halides is 1. The normalized spacial score (nSPS) is 43.4. The van der Waals surface area contributed by atoms with E-state index in [-0.39, 0.29) is 40.9 Å². The van der Waals surface area contributed by atoms with Crippen LogP contribution in [-0.2, 0) is 6.42 Å². The summed E-state index contributed by atoms with van der Waals surface area (Å²) in [5, 5.41) is 29.3. The lowest BCUT2D eigenvalue weighted by atomic mass is 9.52. The molecule has 2 fully saturated rings. The van der Waals surface area contributed by atoms with Gasteiger partial charge >= 0.3 is 0 Å². The molecule has 24 heavy (non-hydrogen) atoms. The van der Waals surface area contributed by atoms with E-state index in [9.17, 15) is 15.5 Å². The van der Waals surface area contributed by atoms with Crippen LogP contribution in [0.5, 0.6) is 5.75 Å². The van der Waals surface area contributed by atoms with Crippen LogP contribution in [0.2, 0.25) is 0 Å². The lowest BCUT2D eigenvalue weighted by Gasteiger charge is -2.53. The molecule has 2 saturated carbocycles. The molecule has 0 unspecified atom stereocenters. The van der Waals surface area contributed by atoms with E-state index in [0.29, 0.717) is 25.7 Å². The number of phenols is 1. The topological polar surface area (TPSA) is 64.2 Å². The second kappa shape index (κ2) is 5.46. The first-order chi connectivity index (χ1) is 11.4. The first kappa shape index (κ1) is 15.9. The molecule has 0 spiro atoms. The number of hydrogen-bond donors (Lipinski definition) is 2. The molecule has 1 aromatic carbocycles. The summed E-state index contributed by atoms with van der Waals surface area (Å²) in [6, 6.07) is 7.53. The predicted molar refractivity (Wildman–Crippen MR) is 88.1 cm³/mol. The van der Waals surface area contributed by atoms with Crippen LogP contribution >= 0.6 is 0 Å². The zero-order valence-electron chi connectivity index (χ0n) is 14.0. The SMILES string of the molecule is C[C@@]12C[C@H](O)C[C@H]1[C@@H]1[C@@H](CC#N)Cc3cc(O)ccc3[C@H]1[C@@H](F)C2. The molecule has 0 bridgehead atoms. The van der Waals surface area contributed by atoms with Gasteiger partial charge < -0.3 is 10.2 Å². The Morgan fingerprint density at radius 3 is 2.92 bits per heavy atom. The van der Waals surface area contributed by atoms with Crippen molar-refractivity contribution in [2.24, 2.45) is 23.2 Å². The van der Waals surface area contributed by atoms with Crippen LogP contribution < -0.4 is 0 Å². The maximum absolute atomic E-state index is 15.3. The Labute approximate surface area is 142 Å². The Bertz CT molecular complexity index is 699. The second-order valence-electron chi connectivity index (χ2n) is 8.39. The van der Waals surface area contributed by atoms with Gasteiger partial charge in [0.2, 0.25) is 0 Å². The van der Waals surface area contributed by atoms with Crippen molar-refractivity contribution >= 4 is 0 Å². The Morgan fingerprint density at radius 2 is 2.17 bits per heavy atom. The Kier molecular flexibility index (Phi) is 3.61. The van der Waals surface area contributed by atoms with Crippen LogP contribution in [-0.4, -0.2) is 22.5 Å². The standard InChI is InChI=1S/C20H24FNO2/c1-20-9-14(24)8-16(20)18-11(4-5-22)6-12-7-13(23)2-3-15(12)19(18)17(21)10-20/h2-3,7,11,14,16-19,23-24H,4,6,8-10H2,1H3/t11-,14+,16-,17-,18-,19-,20-/m0/s1. The minimum absolute atomic E-state index is 0.0995. The maximum atomic E-state index is 15.3. The number of fused-ring (bicyclic) bond motifs is 5. The maximum Gasteiger partial charge on any atom is 0.115 e. The smallest absolute Gasteiger partial charge is 0.115 e. The van der Waals surface area contributed by atoms with Gasteiger partial charge in [0.15, 0.2) is 0 Å². The number of rotatable bonds is 1. The van der Waals surface area contributed by atoms with Gasteiger partial charge in [-0.2, -0.15) is 5.26 Å². The minimum Gasteiger partial charge on any atom is -0.508 e. The molecule has 0 radical (unpaired) electrons. The molecular formula is C20H24FNO2. The summed E-state index contributed by atoms with van der Waals surface area (Å²) >= 11 is 0. The third kappa shape index (κ3) is 2.25. The molecular weight excluding hydrogens is 305 g/mol. The quantitative estimate of drug-likeness (QED) is 0.826. The number of aliphatic hydroxyl groups excluding tert-OH is 1. The molecule has 0 aromatic heterocycles. The summed E-state index contributed by atoms with van der Waals surface area (Å²) in [5.41, 5.74) is 1.83. The highest BCUT2D eigenvalue weighted by atomic mass is 19.1. The highest BCUT2D eigenvalue weighted by Gasteiger charge is 2.58. The van der Waals surface area contributed by atoms with Crippen molar-refractivity contribution in [3.05, 3.63) is 29.3 Å². The third-order valence-electron chi connectivity index (χ3n) is 6.92. The van der Waals surface area contributed by atoms with Gasteiger partial charge in [0, 0.05) is 12.3 Å². The number of phenolic OH excluding ortho intramolecular Hbond substituents is 1. The zero-order chi connectivity index (χ0) is 17.1. The van der Waals surface area contributed by atoms with Crippen molar-refractivity contribution < 1.29 is 14.6 Å². The second-order valence-corrected chi connectivity index (χ2v) is 8.39. The van der Waals surface area contributed by atoms with Gasteiger partial charge in [0.25, 0.3) is 0 Å². The van der Waals surface area contributed by atoms with Crippen LogP contribution in [0.4, 0.5) is 4.39 Å².